The summed E-state index contributed by atoms with van der Waals surface area (Å²) in [5.41, 5.74) is 2.03. The molecular formula is C24H28N4O2S. The van der Waals surface area contributed by atoms with E-state index in [1.54, 1.807) is 7.11 Å². The van der Waals surface area contributed by atoms with Crippen molar-refractivity contribution in [2.75, 3.05) is 26.0 Å². The second-order valence-electron chi connectivity index (χ2n) is 7.92. The molecule has 1 aliphatic rings. The molecule has 0 atom stereocenters. The van der Waals surface area contributed by atoms with Crippen molar-refractivity contribution in [1.29, 1.82) is 0 Å². The quantitative estimate of drug-likeness (QED) is 0.519. The molecule has 7 heteroatoms. The first-order chi connectivity index (χ1) is 15.2. The van der Waals surface area contributed by atoms with E-state index in [9.17, 15) is 4.79 Å². The molecule has 0 N–H and O–H groups in total. The molecule has 31 heavy (non-hydrogen) atoms. The number of aromatic nitrogens is 3. The molecule has 162 valence electrons. The van der Waals surface area contributed by atoms with Crippen LogP contribution in [0.4, 0.5) is 0 Å². The highest BCUT2D eigenvalue weighted by atomic mass is 32.2. The van der Waals surface area contributed by atoms with Crippen LogP contribution in [0.3, 0.4) is 0 Å². The highest BCUT2D eigenvalue weighted by molar-refractivity contribution is 7.99. The fourth-order valence-electron chi connectivity index (χ4n) is 3.82. The average molecular weight is 437 g/mol. The number of benzene rings is 2. The van der Waals surface area contributed by atoms with Crippen LogP contribution in [-0.4, -0.2) is 51.5 Å². The monoisotopic (exact) mass is 436 g/mol. The minimum Gasteiger partial charge on any atom is -0.495 e. The van der Waals surface area contributed by atoms with Crippen molar-refractivity contribution in [3.8, 4) is 11.4 Å². The molecule has 6 nitrogen and oxygen atoms in total. The third-order valence-electron chi connectivity index (χ3n) is 5.69. The summed E-state index contributed by atoms with van der Waals surface area (Å²) in [6.45, 7) is 3.94. The van der Waals surface area contributed by atoms with Gasteiger partial charge in [0.25, 0.3) is 0 Å². The van der Waals surface area contributed by atoms with Gasteiger partial charge < -0.3 is 9.64 Å². The number of likely N-dealkylation sites (tertiary alicyclic amines) is 1. The first-order valence-electron chi connectivity index (χ1n) is 10.7. The molecule has 3 aromatic rings. The van der Waals surface area contributed by atoms with Crippen LogP contribution in [0.2, 0.25) is 0 Å². The highest BCUT2D eigenvalue weighted by Crippen LogP contribution is 2.30. The van der Waals surface area contributed by atoms with Crippen LogP contribution in [0, 0.1) is 5.92 Å². The minimum atomic E-state index is 0.163. The van der Waals surface area contributed by atoms with E-state index in [-0.39, 0.29) is 5.91 Å². The van der Waals surface area contributed by atoms with Crippen molar-refractivity contribution in [1.82, 2.24) is 19.7 Å². The summed E-state index contributed by atoms with van der Waals surface area (Å²) >= 11 is 1.44. The summed E-state index contributed by atoms with van der Waals surface area (Å²) < 4.78 is 7.62. The Morgan fingerprint density at radius 1 is 1.06 bits per heavy atom. The van der Waals surface area contributed by atoms with E-state index in [0.29, 0.717) is 23.2 Å². The first kappa shape index (κ1) is 21.4. The molecule has 1 fully saturated rings. The summed E-state index contributed by atoms with van der Waals surface area (Å²) in [5.74, 6) is 2.78. The van der Waals surface area contributed by atoms with Gasteiger partial charge in [0.2, 0.25) is 5.91 Å². The van der Waals surface area contributed by atoms with Crippen LogP contribution in [0.15, 0.2) is 59.8 Å². The van der Waals surface area contributed by atoms with Crippen molar-refractivity contribution >= 4 is 17.7 Å². The number of carbonyl (C=O) groups is 1. The topological polar surface area (TPSA) is 60.2 Å². The van der Waals surface area contributed by atoms with Crippen LogP contribution in [0.25, 0.3) is 5.69 Å². The zero-order valence-corrected chi connectivity index (χ0v) is 18.8. The molecule has 1 aromatic heterocycles. The van der Waals surface area contributed by atoms with E-state index in [4.69, 9.17) is 4.74 Å². The molecule has 2 heterocycles. The second kappa shape index (κ2) is 10.0. The van der Waals surface area contributed by atoms with Crippen molar-refractivity contribution in [2.45, 2.75) is 31.3 Å². The third kappa shape index (κ3) is 5.10. The Balaban J connectivity index is 1.59. The third-order valence-corrected chi connectivity index (χ3v) is 6.61. The Morgan fingerprint density at radius 3 is 2.52 bits per heavy atom. The number of piperidine rings is 1. The molecule has 4 rings (SSSR count). The van der Waals surface area contributed by atoms with Crippen LogP contribution in [0.5, 0.6) is 5.75 Å². The number of thioether (sulfide) groups is 1. The van der Waals surface area contributed by atoms with Crippen LogP contribution < -0.4 is 4.74 Å². The van der Waals surface area contributed by atoms with Gasteiger partial charge in [0.15, 0.2) is 5.16 Å². The molecule has 0 saturated carbocycles. The van der Waals surface area contributed by atoms with E-state index < -0.39 is 0 Å². The number of hydrogen-bond donors (Lipinski definition) is 0. The van der Waals surface area contributed by atoms with Crippen molar-refractivity contribution in [3.63, 3.8) is 0 Å². The maximum Gasteiger partial charge on any atom is 0.233 e. The largest absolute Gasteiger partial charge is 0.495 e. The number of nitrogens with zero attached hydrogens (tertiary/aromatic N) is 4. The summed E-state index contributed by atoms with van der Waals surface area (Å²) in [7, 11) is 1.66. The standard InChI is InChI=1S/C24H28N4O2S/c1-18-12-14-27(15-13-18)23(29)17-31-24-26-25-22(16-19-8-4-3-5-9-19)28(24)20-10-6-7-11-21(20)30-2/h3-11,18H,12-17H2,1-2H3. The van der Waals surface area contributed by atoms with Crippen molar-refractivity contribution < 1.29 is 9.53 Å². The molecule has 0 unspecified atom stereocenters. The number of hydrogen-bond acceptors (Lipinski definition) is 5. The lowest BCUT2D eigenvalue weighted by Crippen LogP contribution is -2.38. The van der Waals surface area contributed by atoms with Gasteiger partial charge in [-0.05, 0) is 36.5 Å². The predicted molar refractivity (Wildman–Crippen MR) is 123 cm³/mol. The number of rotatable bonds is 7. The van der Waals surface area contributed by atoms with Gasteiger partial charge in [0.05, 0.1) is 18.6 Å². The highest BCUT2D eigenvalue weighted by Gasteiger charge is 2.23. The lowest BCUT2D eigenvalue weighted by atomic mass is 9.99. The molecule has 0 bridgehead atoms. The maximum atomic E-state index is 12.8. The van der Waals surface area contributed by atoms with E-state index in [2.05, 4.69) is 29.3 Å². The lowest BCUT2D eigenvalue weighted by molar-refractivity contribution is -0.129. The zero-order valence-electron chi connectivity index (χ0n) is 18.0. The van der Waals surface area contributed by atoms with Crippen molar-refractivity contribution in [2.24, 2.45) is 5.92 Å². The van der Waals surface area contributed by atoms with Gasteiger partial charge >= 0.3 is 0 Å². The number of amides is 1. The molecule has 0 aliphatic carbocycles. The fraction of sp³-hybridized carbons (Fsp3) is 0.375. The van der Waals surface area contributed by atoms with Gasteiger partial charge in [0, 0.05) is 19.5 Å². The molecular weight excluding hydrogens is 408 g/mol. The molecule has 1 amide bonds. The number of carbonyl (C=O) groups excluding carboxylic acids is 1. The number of methoxy groups -OCH3 is 1. The van der Waals surface area contributed by atoms with E-state index in [1.165, 1.54) is 11.8 Å². The molecule has 1 saturated heterocycles. The summed E-state index contributed by atoms with van der Waals surface area (Å²) in [5, 5.41) is 9.62. The lowest BCUT2D eigenvalue weighted by Gasteiger charge is -2.30. The summed E-state index contributed by atoms with van der Waals surface area (Å²) in [6, 6.07) is 18.0. The predicted octanol–water partition coefficient (Wildman–Crippen LogP) is 4.22. The molecule has 2 aromatic carbocycles. The fourth-order valence-corrected chi connectivity index (χ4v) is 4.69. The molecule has 0 radical (unpaired) electrons. The first-order valence-corrected chi connectivity index (χ1v) is 11.7. The summed E-state index contributed by atoms with van der Waals surface area (Å²) in [6.07, 6.45) is 2.80. The molecule has 1 aliphatic heterocycles. The van der Waals surface area contributed by atoms with Gasteiger partial charge in [0.1, 0.15) is 11.6 Å². The van der Waals surface area contributed by atoms with E-state index >= 15 is 0 Å². The van der Waals surface area contributed by atoms with Crippen LogP contribution in [0.1, 0.15) is 31.2 Å². The SMILES string of the molecule is COc1ccccc1-n1c(Cc2ccccc2)nnc1SCC(=O)N1CCC(C)CC1. The van der Waals surface area contributed by atoms with Gasteiger partial charge in [-0.2, -0.15) is 0 Å². The zero-order chi connectivity index (χ0) is 21.6. The van der Waals surface area contributed by atoms with Gasteiger partial charge in [-0.1, -0.05) is 61.2 Å². The second-order valence-corrected chi connectivity index (χ2v) is 8.86. The Labute approximate surface area is 187 Å². The van der Waals surface area contributed by atoms with Gasteiger partial charge in [-0.3, -0.25) is 9.36 Å². The van der Waals surface area contributed by atoms with Gasteiger partial charge in [-0.15, -0.1) is 10.2 Å². The molecule has 0 spiro atoms. The van der Waals surface area contributed by atoms with Crippen molar-refractivity contribution in [3.05, 3.63) is 66.0 Å². The van der Waals surface area contributed by atoms with E-state index in [0.717, 1.165) is 48.8 Å². The number of para-hydroxylation sites is 2. The van der Waals surface area contributed by atoms with Gasteiger partial charge in [-0.25, -0.2) is 0 Å². The Bertz CT molecular complexity index is 1010. The van der Waals surface area contributed by atoms with E-state index in [1.807, 2.05) is 51.9 Å². The van der Waals surface area contributed by atoms with Crippen LogP contribution >= 0.6 is 11.8 Å². The number of ether oxygens (including phenoxy) is 1. The minimum absolute atomic E-state index is 0.163. The maximum absolute atomic E-state index is 12.8. The Morgan fingerprint density at radius 2 is 1.77 bits per heavy atom. The van der Waals surface area contributed by atoms with Crippen LogP contribution in [-0.2, 0) is 11.2 Å². The Kier molecular flexibility index (Phi) is 6.92. The summed E-state index contributed by atoms with van der Waals surface area (Å²) in [4.78, 5) is 14.7. The average Bonchev–Trinajstić information content (AvgIpc) is 3.20. The Hall–Kier alpha value is -2.80. The smallest absolute Gasteiger partial charge is 0.233 e. The normalized spacial score (nSPS) is 14.6.